The Hall–Kier alpha value is -1.96. The monoisotopic (exact) mass is 301 g/mol. The van der Waals surface area contributed by atoms with Gasteiger partial charge in [-0.1, -0.05) is 6.07 Å². The molecule has 1 fully saturated rings. The van der Waals surface area contributed by atoms with E-state index in [4.69, 9.17) is 5.84 Å². The largest absolute Gasteiger partial charge is 0.416 e. The molecule has 0 bridgehead atoms. The summed E-state index contributed by atoms with van der Waals surface area (Å²) < 4.78 is 38.2. The van der Waals surface area contributed by atoms with Gasteiger partial charge in [0.05, 0.1) is 5.56 Å². The Morgan fingerprint density at radius 2 is 1.90 bits per heavy atom. The van der Waals surface area contributed by atoms with Crippen LogP contribution in [0, 0.1) is 0 Å². The highest BCUT2D eigenvalue weighted by Gasteiger charge is 2.31. The van der Waals surface area contributed by atoms with Gasteiger partial charge in [-0.25, -0.2) is 5.84 Å². The van der Waals surface area contributed by atoms with Crippen LogP contribution in [0.4, 0.5) is 18.9 Å². The number of nitrogens with one attached hydrogen (secondary N) is 1. The van der Waals surface area contributed by atoms with Gasteiger partial charge in [0.15, 0.2) is 0 Å². The predicted octanol–water partition coefficient (Wildman–Crippen LogP) is 1.28. The first kappa shape index (κ1) is 15.4. The maximum atomic E-state index is 12.7. The van der Waals surface area contributed by atoms with Crippen molar-refractivity contribution in [1.29, 1.82) is 0 Å². The number of rotatable bonds is 1. The normalized spacial score (nSPS) is 17.1. The molecule has 3 N–H and O–H groups in total. The summed E-state index contributed by atoms with van der Waals surface area (Å²) in [4.78, 5) is 7.90. The first-order valence-corrected chi connectivity index (χ1v) is 6.56. The molecule has 8 heteroatoms. The van der Waals surface area contributed by atoms with E-state index in [1.165, 1.54) is 12.1 Å². The van der Waals surface area contributed by atoms with E-state index in [1.807, 2.05) is 9.80 Å². The number of hydrazine groups is 1. The van der Waals surface area contributed by atoms with Crippen molar-refractivity contribution in [3.8, 4) is 0 Å². The zero-order chi connectivity index (χ0) is 15.5. The first-order valence-electron chi connectivity index (χ1n) is 6.56. The number of aliphatic imine (C=N–C) groups is 1. The number of alkyl halides is 3. The average Bonchev–Trinajstić information content (AvgIpc) is 2.48. The summed E-state index contributed by atoms with van der Waals surface area (Å²) in [6, 6.07) is 5.40. The number of nitrogens with two attached hydrogens (primary N) is 1. The second-order valence-electron chi connectivity index (χ2n) is 4.71. The maximum Gasteiger partial charge on any atom is 0.416 e. The number of benzene rings is 1. The second-order valence-corrected chi connectivity index (χ2v) is 4.71. The van der Waals surface area contributed by atoms with E-state index < -0.39 is 11.7 Å². The van der Waals surface area contributed by atoms with Crippen LogP contribution in [0.3, 0.4) is 0 Å². The Morgan fingerprint density at radius 3 is 2.43 bits per heavy atom. The van der Waals surface area contributed by atoms with Crippen molar-refractivity contribution in [2.24, 2.45) is 10.8 Å². The van der Waals surface area contributed by atoms with Crippen molar-refractivity contribution in [3.05, 3.63) is 29.8 Å². The Kier molecular flexibility index (Phi) is 4.56. The second kappa shape index (κ2) is 6.21. The van der Waals surface area contributed by atoms with Crippen LogP contribution in [-0.2, 0) is 6.18 Å². The summed E-state index contributed by atoms with van der Waals surface area (Å²) in [5, 5.41) is 0. The van der Waals surface area contributed by atoms with Gasteiger partial charge in [-0.2, -0.15) is 13.2 Å². The summed E-state index contributed by atoms with van der Waals surface area (Å²) >= 11 is 0. The van der Waals surface area contributed by atoms with Crippen LogP contribution in [0.1, 0.15) is 5.56 Å². The van der Waals surface area contributed by atoms with Gasteiger partial charge in [0.2, 0.25) is 5.96 Å². The van der Waals surface area contributed by atoms with Gasteiger partial charge in [0.1, 0.15) is 0 Å². The molecule has 2 rings (SSSR count). The maximum absolute atomic E-state index is 12.7. The van der Waals surface area contributed by atoms with Gasteiger partial charge < -0.3 is 9.80 Å². The Labute approximate surface area is 121 Å². The molecule has 1 heterocycles. The van der Waals surface area contributed by atoms with Gasteiger partial charge in [0, 0.05) is 38.9 Å². The first-order chi connectivity index (χ1) is 9.95. The average molecular weight is 301 g/mol. The fourth-order valence-electron chi connectivity index (χ4n) is 2.35. The third-order valence-electron chi connectivity index (χ3n) is 3.46. The highest BCUT2D eigenvalue weighted by atomic mass is 19.4. The molecule has 1 saturated heterocycles. The Morgan fingerprint density at radius 1 is 1.24 bits per heavy atom. The molecule has 0 radical (unpaired) electrons. The minimum absolute atomic E-state index is 0.582. The molecule has 0 aliphatic carbocycles. The van der Waals surface area contributed by atoms with Crippen LogP contribution < -0.4 is 16.2 Å². The highest BCUT2D eigenvalue weighted by molar-refractivity contribution is 5.79. The molecule has 1 aliphatic rings. The van der Waals surface area contributed by atoms with Gasteiger partial charge in [0.25, 0.3) is 0 Å². The molecule has 1 aromatic carbocycles. The Bertz CT molecular complexity index is 507. The minimum atomic E-state index is -4.32. The van der Waals surface area contributed by atoms with Crippen LogP contribution in [0.25, 0.3) is 0 Å². The van der Waals surface area contributed by atoms with Gasteiger partial charge in [-0.3, -0.25) is 10.4 Å². The molecular formula is C13H18F3N5. The quantitative estimate of drug-likeness (QED) is 0.355. The van der Waals surface area contributed by atoms with Crippen LogP contribution in [-0.4, -0.2) is 44.1 Å². The zero-order valence-electron chi connectivity index (χ0n) is 11.7. The van der Waals surface area contributed by atoms with Crippen molar-refractivity contribution in [2.45, 2.75) is 6.18 Å². The molecule has 1 aliphatic heterocycles. The summed E-state index contributed by atoms with van der Waals surface area (Å²) in [5.41, 5.74) is 2.47. The number of nitrogens with zero attached hydrogens (tertiary/aromatic N) is 3. The highest BCUT2D eigenvalue weighted by Crippen LogP contribution is 2.31. The molecule has 0 aromatic heterocycles. The lowest BCUT2D eigenvalue weighted by Gasteiger charge is -2.37. The smallest absolute Gasteiger partial charge is 0.368 e. The lowest BCUT2D eigenvalue weighted by Crippen LogP contribution is -2.54. The van der Waals surface area contributed by atoms with Gasteiger partial charge in [-0.15, -0.1) is 0 Å². The number of piperazine rings is 1. The molecule has 0 saturated carbocycles. The summed E-state index contributed by atoms with van der Waals surface area (Å²) in [6.07, 6.45) is -4.32. The molecule has 116 valence electrons. The van der Waals surface area contributed by atoms with E-state index in [2.05, 4.69) is 10.4 Å². The third-order valence-corrected chi connectivity index (χ3v) is 3.46. The number of guanidine groups is 1. The molecule has 0 amide bonds. The lowest BCUT2D eigenvalue weighted by atomic mass is 10.1. The van der Waals surface area contributed by atoms with Crippen LogP contribution in [0.5, 0.6) is 0 Å². The van der Waals surface area contributed by atoms with E-state index >= 15 is 0 Å². The fourth-order valence-corrected chi connectivity index (χ4v) is 2.35. The third kappa shape index (κ3) is 3.57. The van der Waals surface area contributed by atoms with E-state index in [1.54, 1.807) is 13.1 Å². The van der Waals surface area contributed by atoms with Crippen molar-refractivity contribution in [2.75, 3.05) is 38.1 Å². The van der Waals surface area contributed by atoms with E-state index in [0.29, 0.717) is 37.8 Å². The van der Waals surface area contributed by atoms with Crippen LogP contribution >= 0.6 is 0 Å². The molecule has 0 spiro atoms. The van der Waals surface area contributed by atoms with E-state index in [0.717, 1.165) is 6.07 Å². The van der Waals surface area contributed by atoms with E-state index in [-0.39, 0.29) is 0 Å². The minimum Gasteiger partial charge on any atom is -0.368 e. The van der Waals surface area contributed by atoms with E-state index in [9.17, 15) is 13.2 Å². The zero-order valence-corrected chi connectivity index (χ0v) is 11.7. The Balaban J connectivity index is 2.06. The molecule has 21 heavy (non-hydrogen) atoms. The number of anilines is 1. The predicted molar refractivity (Wildman–Crippen MR) is 75.9 cm³/mol. The van der Waals surface area contributed by atoms with Crippen molar-refractivity contribution >= 4 is 11.6 Å². The van der Waals surface area contributed by atoms with Crippen LogP contribution in [0.2, 0.25) is 0 Å². The molecule has 0 unspecified atom stereocenters. The summed E-state index contributed by atoms with van der Waals surface area (Å²) in [6.45, 7) is 2.52. The standard InChI is InChI=1S/C13H18F3N5/c1-18-12(19-17)21-7-5-20(6-8-21)11-4-2-3-10(9-11)13(14,15)16/h2-4,9H,5-8,17H2,1H3,(H,18,19). The number of hydrogen-bond donors (Lipinski definition) is 2. The fraction of sp³-hybridized carbons (Fsp3) is 0.462. The molecule has 0 atom stereocenters. The molecular weight excluding hydrogens is 283 g/mol. The van der Waals surface area contributed by atoms with Crippen LogP contribution in [0.15, 0.2) is 29.3 Å². The number of hydrogen-bond acceptors (Lipinski definition) is 3. The lowest BCUT2D eigenvalue weighted by molar-refractivity contribution is -0.137. The summed E-state index contributed by atoms with van der Waals surface area (Å²) in [7, 11) is 1.63. The summed E-state index contributed by atoms with van der Waals surface area (Å²) in [5.74, 6) is 5.95. The van der Waals surface area contributed by atoms with Crippen molar-refractivity contribution < 1.29 is 13.2 Å². The molecule has 1 aromatic rings. The van der Waals surface area contributed by atoms with Gasteiger partial charge in [-0.05, 0) is 18.2 Å². The van der Waals surface area contributed by atoms with Gasteiger partial charge >= 0.3 is 6.18 Å². The molecule has 5 nitrogen and oxygen atoms in total. The topological polar surface area (TPSA) is 56.9 Å². The van der Waals surface area contributed by atoms with Crippen molar-refractivity contribution in [1.82, 2.24) is 10.3 Å². The number of halogens is 3. The van der Waals surface area contributed by atoms with Crippen molar-refractivity contribution in [3.63, 3.8) is 0 Å². The SMILES string of the molecule is CN=C(NN)N1CCN(c2cccc(C(F)(F)F)c2)CC1.